The summed E-state index contributed by atoms with van der Waals surface area (Å²) in [5.41, 5.74) is 0. The van der Waals surface area contributed by atoms with Crippen molar-refractivity contribution in [2.75, 3.05) is 13.1 Å². The molecule has 0 spiro atoms. The van der Waals surface area contributed by atoms with Gasteiger partial charge in [-0.2, -0.15) is 0 Å². The van der Waals surface area contributed by atoms with Gasteiger partial charge in [-0.15, -0.1) is 0 Å². The van der Waals surface area contributed by atoms with Gasteiger partial charge in [0.2, 0.25) is 0 Å². The van der Waals surface area contributed by atoms with Crippen LogP contribution in [0.5, 0.6) is 0 Å². The van der Waals surface area contributed by atoms with Crippen molar-refractivity contribution >= 4 is 0 Å². The third-order valence-electron chi connectivity index (χ3n) is 3.17. The van der Waals surface area contributed by atoms with Gasteiger partial charge in [0.05, 0.1) is 6.10 Å². The van der Waals surface area contributed by atoms with Crippen molar-refractivity contribution in [3.63, 3.8) is 0 Å². The van der Waals surface area contributed by atoms with E-state index in [1.165, 1.54) is 0 Å². The summed E-state index contributed by atoms with van der Waals surface area (Å²) in [5, 5.41) is 13.2. The highest BCUT2D eigenvalue weighted by Crippen LogP contribution is 2.24. The number of rotatable bonds is 3. The Morgan fingerprint density at radius 1 is 1.33 bits per heavy atom. The molecule has 0 saturated carbocycles. The van der Waals surface area contributed by atoms with E-state index >= 15 is 0 Å². The Hall–Kier alpha value is -0.0800. The molecule has 0 aromatic heterocycles. The Balaban J connectivity index is 2.39. The maximum Gasteiger partial charge on any atom is 0.0608 e. The standard InChI is InChI=1S/C10H21NO/c1-7(2)8(3)10(12)9-4-5-11-6-9/h7-12H,4-6H2,1-3H3. The lowest BCUT2D eigenvalue weighted by Gasteiger charge is -2.26. The van der Waals surface area contributed by atoms with Crippen LogP contribution >= 0.6 is 0 Å². The van der Waals surface area contributed by atoms with E-state index in [2.05, 4.69) is 26.1 Å². The molecule has 1 fully saturated rings. The van der Waals surface area contributed by atoms with Crippen LogP contribution in [0.15, 0.2) is 0 Å². The molecule has 0 bridgehead atoms. The van der Waals surface area contributed by atoms with Crippen LogP contribution in [0.4, 0.5) is 0 Å². The van der Waals surface area contributed by atoms with Crippen molar-refractivity contribution in [3.05, 3.63) is 0 Å². The molecule has 0 aromatic carbocycles. The van der Waals surface area contributed by atoms with E-state index < -0.39 is 0 Å². The number of hydrogen-bond acceptors (Lipinski definition) is 2. The first-order valence-corrected chi connectivity index (χ1v) is 5.01. The summed E-state index contributed by atoms with van der Waals surface area (Å²) in [7, 11) is 0. The molecule has 0 amide bonds. The van der Waals surface area contributed by atoms with Gasteiger partial charge in [0.1, 0.15) is 0 Å². The zero-order valence-electron chi connectivity index (χ0n) is 8.38. The van der Waals surface area contributed by atoms with Gasteiger partial charge >= 0.3 is 0 Å². The zero-order chi connectivity index (χ0) is 9.14. The van der Waals surface area contributed by atoms with Gasteiger partial charge in [0.25, 0.3) is 0 Å². The van der Waals surface area contributed by atoms with E-state index in [1.54, 1.807) is 0 Å². The maximum atomic E-state index is 9.95. The molecule has 1 saturated heterocycles. The Labute approximate surface area is 75.4 Å². The molecule has 0 aromatic rings. The first-order chi connectivity index (χ1) is 5.63. The van der Waals surface area contributed by atoms with Crippen molar-refractivity contribution in [1.29, 1.82) is 0 Å². The first-order valence-electron chi connectivity index (χ1n) is 5.01. The summed E-state index contributed by atoms with van der Waals surface area (Å²) >= 11 is 0. The quantitative estimate of drug-likeness (QED) is 0.670. The van der Waals surface area contributed by atoms with Gasteiger partial charge in [0, 0.05) is 6.54 Å². The normalized spacial score (nSPS) is 29.2. The van der Waals surface area contributed by atoms with E-state index in [9.17, 15) is 5.11 Å². The lowest BCUT2D eigenvalue weighted by Crippen LogP contribution is -2.31. The van der Waals surface area contributed by atoms with Crippen LogP contribution in [0, 0.1) is 17.8 Å². The average molecular weight is 171 g/mol. The molecule has 1 rings (SSSR count). The number of aliphatic hydroxyl groups excluding tert-OH is 1. The van der Waals surface area contributed by atoms with Gasteiger partial charge in [-0.1, -0.05) is 20.8 Å². The Kier molecular flexibility index (Phi) is 3.53. The molecule has 3 atom stereocenters. The van der Waals surface area contributed by atoms with E-state index in [0.717, 1.165) is 19.5 Å². The van der Waals surface area contributed by atoms with E-state index in [1.807, 2.05) is 0 Å². The SMILES string of the molecule is CC(C)C(C)C(O)C1CCNC1. The highest BCUT2D eigenvalue weighted by molar-refractivity contribution is 4.81. The fourth-order valence-electron chi connectivity index (χ4n) is 1.79. The Morgan fingerprint density at radius 3 is 2.42 bits per heavy atom. The fraction of sp³-hybridized carbons (Fsp3) is 1.00. The molecule has 0 aliphatic carbocycles. The zero-order valence-corrected chi connectivity index (χ0v) is 8.38. The summed E-state index contributed by atoms with van der Waals surface area (Å²) in [5.74, 6) is 1.50. The topological polar surface area (TPSA) is 32.3 Å². The number of hydrogen-bond donors (Lipinski definition) is 2. The van der Waals surface area contributed by atoms with Crippen molar-refractivity contribution in [3.8, 4) is 0 Å². The lowest BCUT2D eigenvalue weighted by atomic mass is 9.84. The van der Waals surface area contributed by atoms with Gasteiger partial charge in [-0.3, -0.25) is 0 Å². The third-order valence-corrected chi connectivity index (χ3v) is 3.17. The molecule has 2 heteroatoms. The predicted molar refractivity (Wildman–Crippen MR) is 51.0 cm³/mol. The van der Waals surface area contributed by atoms with E-state index in [0.29, 0.717) is 17.8 Å². The maximum absolute atomic E-state index is 9.95. The first kappa shape index (κ1) is 10.0. The minimum atomic E-state index is -0.111. The van der Waals surface area contributed by atoms with Crippen LogP contribution in [0.2, 0.25) is 0 Å². The molecule has 72 valence electrons. The summed E-state index contributed by atoms with van der Waals surface area (Å²) in [6, 6.07) is 0. The smallest absolute Gasteiger partial charge is 0.0608 e. The minimum absolute atomic E-state index is 0.111. The van der Waals surface area contributed by atoms with Crippen molar-refractivity contribution in [2.45, 2.75) is 33.3 Å². The van der Waals surface area contributed by atoms with Crippen LogP contribution in [0.3, 0.4) is 0 Å². The van der Waals surface area contributed by atoms with E-state index in [4.69, 9.17) is 0 Å². The number of nitrogens with one attached hydrogen (secondary N) is 1. The van der Waals surface area contributed by atoms with Gasteiger partial charge < -0.3 is 10.4 Å². The minimum Gasteiger partial charge on any atom is -0.393 e. The van der Waals surface area contributed by atoms with Crippen molar-refractivity contribution in [2.24, 2.45) is 17.8 Å². The van der Waals surface area contributed by atoms with Gasteiger partial charge in [0.15, 0.2) is 0 Å². The number of aliphatic hydroxyl groups is 1. The summed E-state index contributed by atoms with van der Waals surface area (Å²) < 4.78 is 0. The van der Waals surface area contributed by atoms with Gasteiger partial charge in [-0.05, 0) is 30.7 Å². The van der Waals surface area contributed by atoms with Crippen LogP contribution in [-0.2, 0) is 0 Å². The highest BCUT2D eigenvalue weighted by Gasteiger charge is 2.28. The van der Waals surface area contributed by atoms with Crippen LogP contribution in [0.1, 0.15) is 27.2 Å². The molecule has 1 heterocycles. The molecular weight excluding hydrogens is 150 g/mol. The molecule has 1 aliphatic heterocycles. The molecule has 3 unspecified atom stereocenters. The van der Waals surface area contributed by atoms with Gasteiger partial charge in [-0.25, -0.2) is 0 Å². The second kappa shape index (κ2) is 4.24. The summed E-state index contributed by atoms with van der Waals surface area (Å²) in [4.78, 5) is 0. The predicted octanol–water partition coefficient (Wildman–Crippen LogP) is 1.25. The van der Waals surface area contributed by atoms with Crippen LogP contribution in [-0.4, -0.2) is 24.3 Å². The van der Waals surface area contributed by atoms with Crippen molar-refractivity contribution in [1.82, 2.24) is 5.32 Å². The van der Waals surface area contributed by atoms with Crippen LogP contribution in [0.25, 0.3) is 0 Å². The fourth-order valence-corrected chi connectivity index (χ4v) is 1.79. The van der Waals surface area contributed by atoms with Crippen molar-refractivity contribution < 1.29 is 5.11 Å². The highest BCUT2D eigenvalue weighted by atomic mass is 16.3. The van der Waals surface area contributed by atoms with E-state index in [-0.39, 0.29) is 6.10 Å². The third kappa shape index (κ3) is 2.20. The molecule has 2 N–H and O–H groups in total. The molecule has 12 heavy (non-hydrogen) atoms. The van der Waals surface area contributed by atoms with Crippen LogP contribution < -0.4 is 5.32 Å². The molecular formula is C10H21NO. The monoisotopic (exact) mass is 171 g/mol. The molecule has 2 nitrogen and oxygen atoms in total. The largest absolute Gasteiger partial charge is 0.393 e. The summed E-state index contributed by atoms with van der Waals surface area (Å²) in [6.45, 7) is 8.57. The molecule has 0 radical (unpaired) electrons. The lowest BCUT2D eigenvalue weighted by molar-refractivity contribution is 0.0455. The Morgan fingerprint density at radius 2 is 2.00 bits per heavy atom. The summed E-state index contributed by atoms with van der Waals surface area (Å²) in [6.07, 6.45) is 1.03. The Bertz CT molecular complexity index is 128. The second-order valence-electron chi connectivity index (χ2n) is 4.35. The molecule has 1 aliphatic rings. The average Bonchev–Trinajstić information content (AvgIpc) is 2.53. The second-order valence-corrected chi connectivity index (χ2v) is 4.35.